The third kappa shape index (κ3) is 7.16. The first-order valence-electron chi connectivity index (χ1n) is 11.1. The first kappa shape index (κ1) is 24.5. The molecule has 3 aromatic carbocycles. The zero-order chi connectivity index (χ0) is 23.6. The molecule has 172 valence electrons. The molecule has 0 aliphatic heterocycles. The number of amides is 2. The van der Waals surface area contributed by atoms with Crippen molar-refractivity contribution in [3.8, 4) is 0 Å². The number of nitrogens with zero attached hydrogens (tertiary/aromatic N) is 1. The largest absolute Gasteiger partial charge is 0.350 e. The Hall–Kier alpha value is -3.18. The SMILES string of the molecule is CCCC(=O)N(Cc1ccc(F)cc1)[C@@H](Cc1ccccc1)C(=O)NCc1ccccc1Cl. The predicted octanol–water partition coefficient (Wildman–Crippen LogP) is 5.54. The minimum Gasteiger partial charge on any atom is -0.350 e. The van der Waals surface area contributed by atoms with E-state index >= 15 is 0 Å². The van der Waals surface area contributed by atoms with Crippen LogP contribution in [0, 0.1) is 5.82 Å². The van der Waals surface area contributed by atoms with Crippen LogP contribution in [0.1, 0.15) is 36.5 Å². The molecular weight excluding hydrogens is 439 g/mol. The van der Waals surface area contributed by atoms with Crippen molar-refractivity contribution >= 4 is 23.4 Å². The summed E-state index contributed by atoms with van der Waals surface area (Å²) in [6.07, 6.45) is 1.36. The molecule has 3 rings (SSSR count). The van der Waals surface area contributed by atoms with Crippen molar-refractivity contribution in [2.45, 2.75) is 45.3 Å². The van der Waals surface area contributed by atoms with Crippen molar-refractivity contribution in [1.29, 1.82) is 0 Å². The molecule has 0 heterocycles. The quantitative estimate of drug-likeness (QED) is 0.426. The molecule has 0 spiro atoms. The maximum atomic E-state index is 13.4. The van der Waals surface area contributed by atoms with Crippen molar-refractivity contribution in [2.24, 2.45) is 0 Å². The zero-order valence-corrected chi connectivity index (χ0v) is 19.4. The molecule has 0 aliphatic carbocycles. The van der Waals surface area contributed by atoms with Crippen LogP contribution in [0.25, 0.3) is 0 Å². The summed E-state index contributed by atoms with van der Waals surface area (Å²) in [4.78, 5) is 28.2. The van der Waals surface area contributed by atoms with Gasteiger partial charge in [0.25, 0.3) is 0 Å². The molecule has 2 amide bonds. The molecule has 0 saturated carbocycles. The maximum absolute atomic E-state index is 13.4. The van der Waals surface area contributed by atoms with Gasteiger partial charge in [-0.1, -0.05) is 79.2 Å². The predicted molar refractivity (Wildman–Crippen MR) is 129 cm³/mol. The minimum absolute atomic E-state index is 0.115. The second-order valence-electron chi connectivity index (χ2n) is 7.91. The highest BCUT2D eigenvalue weighted by molar-refractivity contribution is 6.31. The van der Waals surface area contributed by atoms with Gasteiger partial charge in [-0.25, -0.2) is 4.39 Å². The zero-order valence-electron chi connectivity index (χ0n) is 18.6. The number of halogens is 2. The van der Waals surface area contributed by atoms with Crippen molar-refractivity contribution in [1.82, 2.24) is 10.2 Å². The average Bonchev–Trinajstić information content (AvgIpc) is 2.82. The van der Waals surface area contributed by atoms with Crippen LogP contribution < -0.4 is 5.32 Å². The highest BCUT2D eigenvalue weighted by atomic mass is 35.5. The van der Waals surface area contributed by atoms with Crippen LogP contribution in [-0.4, -0.2) is 22.8 Å². The van der Waals surface area contributed by atoms with E-state index in [1.165, 1.54) is 12.1 Å². The lowest BCUT2D eigenvalue weighted by Crippen LogP contribution is -2.50. The van der Waals surface area contributed by atoms with Crippen LogP contribution in [0.15, 0.2) is 78.9 Å². The summed E-state index contributed by atoms with van der Waals surface area (Å²) in [5.74, 6) is -0.718. The number of carbonyl (C=O) groups is 2. The summed E-state index contributed by atoms with van der Waals surface area (Å²) in [5.41, 5.74) is 2.51. The van der Waals surface area contributed by atoms with Gasteiger partial charge in [-0.05, 0) is 41.3 Å². The Bertz CT molecular complexity index is 1060. The Morgan fingerprint density at radius 1 is 0.939 bits per heavy atom. The van der Waals surface area contributed by atoms with Gasteiger partial charge >= 0.3 is 0 Å². The van der Waals surface area contributed by atoms with Crippen LogP contribution in [0.2, 0.25) is 5.02 Å². The minimum atomic E-state index is -0.723. The lowest BCUT2D eigenvalue weighted by Gasteiger charge is -2.31. The van der Waals surface area contributed by atoms with E-state index in [2.05, 4.69) is 5.32 Å². The normalized spacial score (nSPS) is 11.6. The summed E-state index contributed by atoms with van der Waals surface area (Å²) in [7, 11) is 0. The molecule has 0 unspecified atom stereocenters. The number of hydrogen-bond donors (Lipinski definition) is 1. The topological polar surface area (TPSA) is 49.4 Å². The maximum Gasteiger partial charge on any atom is 0.243 e. The van der Waals surface area contributed by atoms with Crippen LogP contribution >= 0.6 is 11.6 Å². The standard InChI is InChI=1S/C27H28ClFN2O2/c1-2-8-26(32)31(19-21-13-15-23(29)16-14-21)25(17-20-9-4-3-5-10-20)27(33)30-18-22-11-6-7-12-24(22)28/h3-7,9-16,25H,2,8,17-19H2,1H3,(H,30,33)/t25-/m0/s1. The molecule has 1 atom stereocenters. The molecule has 0 bridgehead atoms. The average molecular weight is 467 g/mol. The van der Waals surface area contributed by atoms with Gasteiger partial charge in [0.2, 0.25) is 11.8 Å². The van der Waals surface area contributed by atoms with E-state index in [4.69, 9.17) is 11.6 Å². The van der Waals surface area contributed by atoms with Gasteiger partial charge in [-0.2, -0.15) is 0 Å². The summed E-state index contributed by atoms with van der Waals surface area (Å²) in [6, 6.07) is 22.2. The molecule has 4 nitrogen and oxygen atoms in total. The van der Waals surface area contributed by atoms with E-state index in [1.807, 2.05) is 55.5 Å². The van der Waals surface area contributed by atoms with Gasteiger partial charge in [0.15, 0.2) is 0 Å². The molecule has 0 radical (unpaired) electrons. The van der Waals surface area contributed by atoms with Gasteiger partial charge in [0, 0.05) is 31.0 Å². The molecule has 6 heteroatoms. The lowest BCUT2D eigenvalue weighted by molar-refractivity contribution is -0.141. The molecular formula is C27H28ClFN2O2. The number of nitrogens with one attached hydrogen (secondary N) is 1. The summed E-state index contributed by atoms with van der Waals surface area (Å²) in [5, 5.41) is 3.53. The van der Waals surface area contributed by atoms with Gasteiger partial charge in [0.1, 0.15) is 11.9 Å². The molecule has 0 aliphatic rings. The highest BCUT2D eigenvalue weighted by Gasteiger charge is 2.30. The van der Waals surface area contributed by atoms with Crippen LogP contribution in [0.4, 0.5) is 4.39 Å². The Morgan fingerprint density at radius 2 is 1.61 bits per heavy atom. The van der Waals surface area contributed by atoms with Crippen LogP contribution in [0.3, 0.4) is 0 Å². The van der Waals surface area contributed by atoms with Gasteiger partial charge in [-0.15, -0.1) is 0 Å². The second-order valence-corrected chi connectivity index (χ2v) is 8.32. The number of hydrogen-bond acceptors (Lipinski definition) is 2. The third-order valence-electron chi connectivity index (χ3n) is 5.41. The van der Waals surface area contributed by atoms with Crippen molar-refractivity contribution in [3.63, 3.8) is 0 Å². The second kappa shape index (κ2) is 12.2. The molecule has 33 heavy (non-hydrogen) atoms. The van der Waals surface area contributed by atoms with Gasteiger partial charge < -0.3 is 10.2 Å². The fourth-order valence-corrected chi connectivity index (χ4v) is 3.84. The first-order chi connectivity index (χ1) is 16.0. The number of carbonyl (C=O) groups excluding carboxylic acids is 2. The monoisotopic (exact) mass is 466 g/mol. The van der Waals surface area contributed by atoms with Crippen molar-refractivity contribution in [2.75, 3.05) is 0 Å². The van der Waals surface area contributed by atoms with Gasteiger partial charge in [0.05, 0.1) is 0 Å². The first-order valence-corrected chi connectivity index (χ1v) is 11.4. The molecule has 1 N–H and O–H groups in total. The molecule has 0 saturated heterocycles. The van der Waals surface area contributed by atoms with E-state index in [0.717, 1.165) is 16.7 Å². The Labute approximate surface area is 199 Å². The highest BCUT2D eigenvalue weighted by Crippen LogP contribution is 2.18. The summed E-state index contributed by atoms with van der Waals surface area (Å²) >= 11 is 6.24. The Balaban J connectivity index is 1.88. The molecule has 0 fully saturated rings. The summed E-state index contributed by atoms with van der Waals surface area (Å²) < 4.78 is 13.4. The van der Waals surface area contributed by atoms with E-state index in [-0.39, 0.29) is 30.7 Å². The van der Waals surface area contributed by atoms with Crippen molar-refractivity contribution in [3.05, 3.63) is 106 Å². The molecule has 0 aromatic heterocycles. The smallest absolute Gasteiger partial charge is 0.243 e. The number of rotatable bonds is 10. The molecule has 3 aromatic rings. The van der Waals surface area contributed by atoms with Crippen LogP contribution in [-0.2, 0) is 29.1 Å². The Morgan fingerprint density at radius 3 is 2.27 bits per heavy atom. The Kier molecular flexibility index (Phi) is 9.02. The van der Waals surface area contributed by atoms with E-state index in [0.29, 0.717) is 24.3 Å². The van der Waals surface area contributed by atoms with E-state index in [9.17, 15) is 14.0 Å². The van der Waals surface area contributed by atoms with E-state index < -0.39 is 6.04 Å². The van der Waals surface area contributed by atoms with E-state index in [1.54, 1.807) is 23.1 Å². The fraction of sp³-hybridized carbons (Fsp3) is 0.259. The van der Waals surface area contributed by atoms with Crippen molar-refractivity contribution < 1.29 is 14.0 Å². The van der Waals surface area contributed by atoms with Gasteiger partial charge in [-0.3, -0.25) is 9.59 Å². The van der Waals surface area contributed by atoms with Crippen LogP contribution in [0.5, 0.6) is 0 Å². The summed E-state index contributed by atoms with van der Waals surface area (Å²) in [6.45, 7) is 2.41. The lowest BCUT2D eigenvalue weighted by atomic mass is 10.0. The number of benzene rings is 3. The fourth-order valence-electron chi connectivity index (χ4n) is 3.64. The third-order valence-corrected chi connectivity index (χ3v) is 5.78.